The predicted molar refractivity (Wildman–Crippen MR) is 98.8 cm³/mol. The number of carbonyl (C=O) groups excluding carboxylic acids is 2. The van der Waals surface area contributed by atoms with Gasteiger partial charge in [-0.1, -0.05) is 12.1 Å². The zero-order valence-corrected chi connectivity index (χ0v) is 15.0. The van der Waals surface area contributed by atoms with Crippen LogP contribution in [-0.4, -0.2) is 47.7 Å². The number of para-hydroxylation sites is 2. The van der Waals surface area contributed by atoms with E-state index in [1.54, 1.807) is 0 Å². The van der Waals surface area contributed by atoms with E-state index in [-0.39, 0.29) is 37.3 Å². The molecule has 2 aromatic rings. The van der Waals surface area contributed by atoms with E-state index >= 15 is 0 Å². The second-order valence-corrected chi connectivity index (χ2v) is 5.16. The molecule has 0 fully saturated rings. The van der Waals surface area contributed by atoms with E-state index in [1.807, 2.05) is 35.8 Å². The first-order valence-corrected chi connectivity index (χ1v) is 7.95. The lowest BCUT2D eigenvalue weighted by Crippen LogP contribution is -2.36. The molecule has 8 nitrogen and oxygen atoms in total. The van der Waals surface area contributed by atoms with E-state index in [1.165, 1.54) is 0 Å². The van der Waals surface area contributed by atoms with Crippen LogP contribution < -0.4 is 16.4 Å². The third kappa shape index (κ3) is 6.00. The number of hydrogen-bond donors (Lipinski definition) is 3. The number of nitrogens with one attached hydrogen (secondary N) is 2. The number of benzene rings is 1. The highest BCUT2D eigenvalue weighted by molar-refractivity contribution is 5.95. The number of hydrogen-bond acceptors (Lipinski definition) is 5. The van der Waals surface area contributed by atoms with Crippen LogP contribution >= 0.6 is 12.4 Å². The van der Waals surface area contributed by atoms with Crippen molar-refractivity contribution in [1.29, 1.82) is 0 Å². The van der Waals surface area contributed by atoms with E-state index in [9.17, 15) is 9.59 Å². The standard InChI is InChI=1S/C16H23N5O3.ClH/c1-2-24-9-5-8-21-13-7-4-3-6-12(13)19-16(21)20-15(23)11-18-14(22)10-17;/h3-4,6-7H,2,5,8-11,17H2,1H3,(H,18,22)(H,19,20,23);1H. The Labute approximate surface area is 152 Å². The first kappa shape index (κ1) is 20.9. The molecule has 0 radical (unpaired) electrons. The lowest BCUT2D eigenvalue weighted by molar-refractivity contribution is -0.123. The van der Waals surface area contributed by atoms with Crippen LogP contribution in [-0.2, 0) is 20.9 Å². The Bertz CT molecular complexity index is 704. The molecule has 9 heteroatoms. The molecule has 0 aliphatic heterocycles. The monoisotopic (exact) mass is 369 g/mol. The molecule has 0 unspecified atom stereocenters. The molecule has 0 bridgehead atoms. The Morgan fingerprint density at radius 1 is 1.28 bits per heavy atom. The molecule has 0 saturated carbocycles. The molecule has 0 atom stereocenters. The number of fused-ring (bicyclic) bond motifs is 1. The van der Waals surface area contributed by atoms with Gasteiger partial charge in [-0.05, 0) is 25.5 Å². The van der Waals surface area contributed by atoms with E-state index in [2.05, 4.69) is 15.6 Å². The number of ether oxygens (including phenoxy) is 1. The number of imidazole rings is 1. The van der Waals surface area contributed by atoms with E-state index in [4.69, 9.17) is 10.5 Å². The minimum atomic E-state index is -0.379. The molecule has 1 heterocycles. The fourth-order valence-corrected chi connectivity index (χ4v) is 2.29. The van der Waals surface area contributed by atoms with Crippen molar-refractivity contribution < 1.29 is 14.3 Å². The first-order chi connectivity index (χ1) is 11.7. The number of amides is 2. The summed E-state index contributed by atoms with van der Waals surface area (Å²) < 4.78 is 7.30. The molecule has 0 spiro atoms. The fraction of sp³-hybridized carbons (Fsp3) is 0.438. The summed E-state index contributed by atoms with van der Waals surface area (Å²) in [5.41, 5.74) is 6.93. The number of carbonyl (C=O) groups is 2. The second-order valence-electron chi connectivity index (χ2n) is 5.16. The summed E-state index contributed by atoms with van der Waals surface area (Å²) in [5.74, 6) is -0.270. The van der Waals surface area contributed by atoms with Crippen LogP contribution in [0, 0.1) is 0 Å². The van der Waals surface area contributed by atoms with E-state index in [0.717, 1.165) is 17.5 Å². The third-order valence-corrected chi connectivity index (χ3v) is 3.41. The highest BCUT2D eigenvalue weighted by Crippen LogP contribution is 2.20. The quantitative estimate of drug-likeness (QED) is 0.568. The Morgan fingerprint density at radius 3 is 2.76 bits per heavy atom. The lowest BCUT2D eigenvalue weighted by Gasteiger charge is -2.10. The molecular formula is C16H24ClN5O3. The van der Waals surface area contributed by atoms with Gasteiger partial charge in [-0.25, -0.2) is 4.98 Å². The number of rotatable bonds is 9. The van der Waals surface area contributed by atoms with Crippen molar-refractivity contribution in [3.63, 3.8) is 0 Å². The molecule has 0 saturated heterocycles. The summed E-state index contributed by atoms with van der Waals surface area (Å²) in [6.45, 7) is 3.65. The van der Waals surface area contributed by atoms with Crippen molar-refractivity contribution in [1.82, 2.24) is 14.9 Å². The zero-order chi connectivity index (χ0) is 17.4. The molecule has 25 heavy (non-hydrogen) atoms. The van der Waals surface area contributed by atoms with Crippen molar-refractivity contribution in [3.8, 4) is 0 Å². The number of nitrogens with two attached hydrogens (primary N) is 1. The minimum Gasteiger partial charge on any atom is -0.382 e. The molecule has 0 aliphatic carbocycles. The van der Waals surface area contributed by atoms with Crippen molar-refractivity contribution in [2.45, 2.75) is 19.9 Å². The van der Waals surface area contributed by atoms with Crippen LogP contribution in [0.15, 0.2) is 24.3 Å². The Kier molecular flexibility index (Phi) is 8.90. The maximum Gasteiger partial charge on any atom is 0.246 e. The average molecular weight is 370 g/mol. The topological polar surface area (TPSA) is 111 Å². The van der Waals surface area contributed by atoms with Gasteiger partial charge < -0.3 is 20.4 Å². The molecule has 2 amide bonds. The molecule has 1 aromatic heterocycles. The van der Waals surface area contributed by atoms with Crippen LogP contribution in [0.3, 0.4) is 0 Å². The van der Waals surface area contributed by atoms with Crippen molar-refractivity contribution in [2.75, 3.05) is 31.6 Å². The summed E-state index contributed by atoms with van der Waals surface area (Å²) in [5, 5.41) is 5.17. The molecule has 1 aromatic carbocycles. The van der Waals surface area contributed by atoms with E-state index < -0.39 is 0 Å². The molecule has 4 N–H and O–H groups in total. The zero-order valence-electron chi connectivity index (χ0n) is 14.2. The van der Waals surface area contributed by atoms with E-state index in [0.29, 0.717) is 25.7 Å². The number of aryl methyl sites for hydroxylation is 1. The maximum atomic E-state index is 12.0. The largest absolute Gasteiger partial charge is 0.382 e. The van der Waals surface area contributed by atoms with Gasteiger partial charge in [0.25, 0.3) is 0 Å². The highest BCUT2D eigenvalue weighted by atomic mass is 35.5. The summed E-state index contributed by atoms with van der Waals surface area (Å²) >= 11 is 0. The molecule has 0 aliphatic rings. The van der Waals surface area contributed by atoms with Crippen molar-refractivity contribution >= 4 is 41.2 Å². The third-order valence-electron chi connectivity index (χ3n) is 3.41. The Balaban J connectivity index is 0.00000312. The lowest BCUT2D eigenvalue weighted by atomic mass is 10.3. The van der Waals surface area contributed by atoms with Crippen molar-refractivity contribution in [3.05, 3.63) is 24.3 Å². The van der Waals surface area contributed by atoms with Gasteiger partial charge in [0.05, 0.1) is 24.1 Å². The van der Waals surface area contributed by atoms with Crippen LogP contribution in [0.1, 0.15) is 13.3 Å². The summed E-state index contributed by atoms with van der Waals surface area (Å²) in [6, 6.07) is 7.66. The Hall–Kier alpha value is -2.16. The van der Waals surface area contributed by atoms with Gasteiger partial charge in [0.15, 0.2) is 0 Å². The van der Waals surface area contributed by atoms with Crippen LogP contribution in [0.4, 0.5) is 5.95 Å². The highest BCUT2D eigenvalue weighted by Gasteiger charge is 2.13. The van der Waals surface area contributed by atoms with Crippen LogP contribution in [0.25, 0.3) is 11.0 Å². The number of aromatic nitrogens is 2. The smallest absolute Gasteiger partial charge is 0.246 e. The summed E-state index contributed by atoms with van der Waals surface area (Å²) in [7, 11) is 0. The SMILES string of the molecule is CCOCCCn1c(NC(=O)CNC(=O)CN)nc2ccccc21.Cl. The van der Waals surface area contributed by atoms with Gasteiger partial charge in [-0.3, -0.25) is 14.9 Å². The average Bonchev–Trinajstić information content (AvgIpc) is 2.93. The normalized spacial score (nSPS) is 10.3. The molecular weight excluding hydrogens is 346 g/mol. The number of halogens is 1. The van der Waals surface area contributed by atoms with Gasteiger partial charge in [0.2, 0.25) is 17.8 Å². The summed E-state index contributed by atoms with van der Waals surface area (Å²) in [4.78, 5) is 27.6. The Morgan fingerprint density at radius 2 is 2.04 bits per heavy atom. The summed E-state index contributed by atoms with van der Waals surface area (Å²) in [6.07, 6.45) is 0.807. The van der Waals surface area contributed by atoms with Gasteiger partial charge in [-0.15, -0.1) is 12.4 Å². The van der Waals surface area contributed by atoms with Crippen molar-refractivity contribution in [2.24, 2.45) is 5.73 Å². The van der Waals surface area contributed by atoms with Gasteiger partial charge in [0, 0.05) is 19.8 Å². The van der Waals surface area contributed by atoms with Crippen LogP contribution in [0.2, 0.25) is 0 Å². The van der Waals surface area contributed by atoms with Gasteiger partial charge in [0.1, 0.15) is 0 Å². The number of nitrogens with zero attached hydrogens (tertiary/aromatic N) is 2. The second kappa shape index (κ2) is 10.7. The van der Waals surface area contributed by atoms with Gasteiger partial charge >= 0.3 is 0 Å². The number of anilines is 1. The molecule has 138 valence electrons. The first-order valence-electron chi connectivity index (χ1n) is 7.95. The van der Waals surface area contributed by atoms with Gasteiger partial charge in [-0.2, -0.15) is 0 Å². The van der Waals surface area contributed by atoms with Crippen LogP contribution in [0.5, 0.6) is 0 Å². The maximum absolute atomic E-state index is 12.0. The predicted octanol–water partition coefficient (Wildman–Crippen LogP) is 0.898. The minimum absolute atomic E-state index is 0. The molecule has 2 rings (SSSR count). The fourth-order valence-electron chi connectivity index (χ4n) is 2.29.